The second-order valence-electron chi connectivity index (χ2n) is 4.26. The second kappa shape index (κ2) is 6.29. The molecule has 0 aliphatic carbocycles. The van der Waals surface area contributed by atoms with E-state index in [1.165, 1.54) is 0 Å². The Kier molecular flexibility index (Phi) is 4.70. The normalized spacial score (nSPS) is 12.2. The van der Waals surface area contributed by atoms with E-state index in [0.717, 1.165) is 12.0 Å². The van der Waals surface area contributed by atoms with E-state index in [1.54, 1.807) is 18.2 Å². The lowest BCUT2D eigenvalue weighted by Crippen LogP contribution is -2.07. The molecule has 0 aromatic heterocycles. The third kappa shape index (κ3) is 3.63. The molecular weight excluding hydrogens is 281 g/mol. The highest BCUT2D eigenvalue weighted by molar-refractivity contribution is 6.34. The van der Waals surface area contributed by atoms with Crippen molar-refractivity contribution in [3.8, 4) is 11.5 Å². The minimum absolute atomic E-state index is 0.0591. The van der Waals surface area contributed by atoms with Gasteiger partial charge >= 0.3 is 0 Å². The zero-order chi connectivity index (χ0) is 13.8. The summed E-state index contributed by atoms with van der Waals surface area (Å²) in [4.78, 5) is 0. The average molecular weight is 296 g/mol. The maximum absolute atomic E-state index is 6.05. The molecule has 2 aromatic rings. The van der Waals surface area contributed by atoms with Crippen molar-refractivity contribution in [1.29, 1.82) is 0 Å². The largest absolute Gasteiger partial charge is 0.456 e. The number of ether oxygens (including phenoxy) is 1. The first-order valence-corrected chi connectivity index (χ1v) is 6.84. The maximum Gasteiger partial charge on any atom is 0.147 e. The molecule has 0 saturated carbocycles. The van der Waals surface area contributed by atoms with Crippen LogP contribution in [0, 0.1) is 0 Å². The highest BCUT2D eigenvalue weighted by Crippen LogP contribution is 2.32. The van der Waals surface area contributed by atoms with Gasteiger partial charge in [0.1, 0.15) is 11.5 Å². The number of nitrogens with two attached hydrogens (primary N) is 1. The molecule has 100 valence electrons. The van der Waals surface area contributed by atoms with E-state index >= 15 is 0 Å². The summed E-state index contributed by atoms with van der Waals surface area (Å²) in [5, 5.41) is 1.11. The highest BCUT2D eigenvalue weighted by atomic mass is 35.5. The fourth-order valence-corrected chi connectivity index (χ4v) is 2.02. The van der Waals surface area contributed by atoms with Gasteiger partial charge in [-0.2, -0.15) is 0 Å². The Morgan fingerprint density at radius 3 is 2.42 bits per heavy atom. The molecule has 2 N–H and O–H groups in total. The van der Waals surface area contributed by atoms with Gasteiger partial charge in [0, 0.05) is 17.1 Å². The Morgan fingerprint density at radius 1 is 1.11 bits per heavy atom. The number of benzene rings is 2. The van der Waals surface area contributed by atoms with Gasteiger partial charge in [-0.05, 0) is 36.2 Å². The molecule has 0 amide bonds. The summed E-state index contributed by atoms with van der Waals surface area (Å²) < 4.78 is 5.70. The van der Waals surface area contributed by atoms with Gasteiger partial charge < -0.3 is 10.5 Å². The molecule has 0 unspecified atom stereocenters. The summed E-state index contributed by atoms with van der Waals surface area (Å²) >= 11 is 12.0. The van der Waals surface area contributed by atoms with Gasteiger partial charge in [-0.25, -0.2) is 0 Å². The van der Waals surface area contributed by atoms with E-state index in [0.29, 0.717) is 21.5 Å². The summed E-state index contributed by atoms with van der Waals surface area (Å²) in [6.45, 7) is 2.06. The molecule has 0 spiro atoms. The quantitative estimate of drug-likeness (QED) is 0.842. The van der Waals surface area contributed by atoms with Crippen LogP contribution in [0.2, 0.25) is 10.0 Å². The number of halogens is 2. The standard InChI is InChI=1S/C15H15Cl2NO/c1-2-14(18)10-3-6-12(7-4-10)19-15-9-11(16)5-8-13(15)17/h3-9,14H,2,18H2,1H3/t14-/m0/s1. The number of hydrogen-bond acceptors (Lipinski definition) is 2. The Bertz CT molecular complexity index is 555. The van der Waals surface area contributed by atoms with Gasteiger partial charge in [-0.15, -0.1) is 0 Å². The van der Waals surface area contributed by atoms with Crippen LogP contribution in [0.5, 0.6) is 11.5 Å². The minimum Gasteiger partial charge on any atom is -0.456 e. The van der Waals surface area contributed by atoms with Crippen molar-refractivity contribution in [1.82, 2.24) is 0 Å². The molecule has 0 saturated heterocycles. The van der Waals surface area contributed by atoms with Crippen molar-refractivity contribution in [3.63, 3.8) is 0 Å². The predicted molar refractivity (Wildman–Crippen MR) is 80.2 cm³/mol. The smallest absolute Gasteiger partial charge is 0.147 e. The Hall–Kier alpha value is -1.22. The molecule has 2 rings (SSSR count). The third-order valence-electron chi connectivity index (χ3n) is 2.87. The van der Waals surface area contributed by atoms with Crippen LogP contribution >= 0.6 is 23.2 Å². The highest BCUT2D eigenvalue weighted by Gasteiger charge is 2.06. The van der Waals surface area contributed by atoms with Crippen molar-refractivity contribution in [2.75, 3.05) is 0 Å². The van der Waals surface area contributed by atoms with Crippen molar-refractivity contribution >= 4 is 23.2 Å². The zero-order valence-electron chi connectivity index (χ0n) is 10.6. The van der Waals surface area contributed by atoms with Crippen molar-refractivity contribution in [2.45, 2.75) is 19.4 Å². The van der Waals surface area contributed by atoms with Crippen molar-refractivity contribution < 1.29 is 4.74 Å². The number of hydrogen-bond donors (Lipinski definition) is 1. The third-order valence-corrected chi connectivity index (χ3v) is 3.42. The Labute approximate surface area is 123 Å². The first-order chi connectivity index (χ1) is 9.10. The molecule has 2 aromatic carbocycles. The predicted octanol–water partition coefficient (Wildman–Crippen LogP) is 5.20. The Morgan fingerprint density at radius 2 is 1.79 bits per heavy atom. The lowest BCUT2D eigenvalue weighted by atomic mass is 10.1. The minimum atomic E-state index is 0.0591. The van der Waals surface area contributed by atoms with E-state index in [9.17, 15) is 0 Å². The summed E-state index contributed by atoms with van der Waals surface area (Å²) in [5.74, 6) is 1.25. The fourth-order valence-electron chi connectivity index (χ4n) is 1.70. The van der Waals surface area contributed by atoms with Gasteiger partial charge in [-0.3, -0.25) is 0 Å². The lowest BCUT2D eigenvalue weighted by Gasteiger charge is -2.11. The molecule has 0 heterocycles. The fraction of sp³-hybridized carbons (Fsp3) is 0.200. The van der Waals surface area contributed by atoms with Crippen LogP contribution in [0.25, 0.3) is 0 Å². The molecule has 0 aliphatic rings. The molecule has 2 nitrogen and oxygen atoms in total. The van der Waals surface area contributed by atoms with Gasteiger partial charge in [0.2, 0.25) is 0 Å². The second-order valence-corrected chi connectivity index (χ2v) is 5.10. The van der Waals surface area contributed by atoms with Crippen molar-refractivity contribution in [2.24, 2.45) is 5.73 Å². The SMILES string of the molecule is CC[C@H](N)c1ccc(Oc2cc(Cl)ccc2Cl)cc1. The van der Waals surface area contributed by atoms with E-state index in [4.69, 9.17) is 33.7 Å². The summed E-state index contributed by atoms with van der Waals surface area (Å²) in [5.41, 5.74) is 7.05. The Balaban J connectivity index is 2.17. The molecule has 0 aliphatic heterocycles. The first kappa shape index (κ1) is 14.2. The van der Waals surface area contributed by atoms with Crippen LogP contribution in [0.15, 0.2) is 42.5 Å². The van der Waals surface area contributed by atoms with Crippen LogP contribution in [0.1, 0.15) is 24.9 Å². The van der Waals surface area contributed by atoms with Gasteiger partial charge in [0.25, 0.3) is 0 Å². The summed E-state index contributed by atoms with van der Waals surface area (Å²) in [6, 6.07) is 12.9. The van der Waals surface area contributed by atoms with Crippen LogP contribution in [-0.4, -0.2) is 0 Å². The molecule has 1 atom stereocenters. The molecule has 0 bridgehead atoms. The number of rotatable bonds is 4. The first-order valence-electron chi connectivity index (χ1n) is 6.08. The monoisotopic (exact) mass is 295 g/mol. The van der Waals surface area contributed by atoms with E-state index in [1.807, 2.05) is 24.3 Å². The van der Waals surface area contributed by atoms with Gasteiger partial charge in [-0.1, -0.05) is 42.3 Å². The van der Waals surface area contributed by atoms with E-state index in [2.05, 4.69) is 6.92 Å². The molecule has 0 fully saturated rings. The summed E-state index contributed by atoms with van der Waals surface area (Å²) in [7, 11) is 0. The summed E-state index contributed by atoms with van der Waals surface area (Å²) in [6.07, 6.45) is 0.903. The van der Waals surface area contributed by atoms with Crippen LogP contribution < -0.4 is 10.5 Å². The van der Waals surface area contributed by atoms with Gasteiger partial charge in [0.15, 0.2) is 0 Å². The molecule has 4 heteroatoms. The molecule has 0 radical (unpaired) electrons. The molecule has 19 heavy (non-hydrogen) atoms. The average Bonchev–Trinajstić information content (AvgIpc) is 2.43. The molecular formula is C15H15Cl2NO. The van der Waals surface area contributed by atoms with Crippen LogP contribution in [0.4, 0.5) is 0 Å². The van der Waals surface area contributed by atoms with Crippen molar-refractivity contribution in [3.05, 3.63) is 58.1 Å². The van der Waals surface area contributed by atoms with E-state index < -0.39 is 0 Å². The van der Waals surface area contributed by atoms with Crippen LogP contribution in [-0.2, 0) is 0 Å². The van der Waals surface area contributed by atoms with Gasteiger partial charge in [0.05, 0.1) is 5.02 Å². The van der Waals surface area contributed by atoms with E-state index in [-0.39, 0.29) is 6.04 Å². The maximum atomic E-state index is 6.05. The lowest BCUT2D eigenvalue weighted by molar-refractivity contribution is 0.482. The zero-order valence-corrected chi connectivity index (χ0v) is 12.1. The van der Waals surface area contributed by atoms with Crippen LogP contribution in [0.3, 0.4) is 0 Å². The topological polar surface area (TPSA) is 35.2 Å².